The van der Waals surface area contributed by atoms with Gasteiger partial charge in [-0.15, -0.1) is 11.3 Å². The Balaban J connectivity index is 1.91. The van der Waals surface area contributed by atoms with Crippen molar-refractivity contribution in [1.29, 1.82) is 0 Å². The van der Waals surface area contributed by atoms with Gasteiger partial charge in [-0.3, -0.25) is 4.99 Å². The van der Waals surface area contributed by atoms with Gasteiger partial charge in [0, 0.05) is 22.5 Å². The molecule has 2 heterocycles. The zero-order valence-corrected chi connectivity index (χ0v) is 15.0. The smallest absolute Gasteiger partial charge is 0.142 e. The van der Waals surface area contributed by atoms with Gasteiger partial charge in [0.25, 0.3) is 0 Å². The molecule has 2 N–H and O–H groups in total. The first-order valence-electron chi connectivity index (χ1n) is 8.56. The van der Waals surface area contributed by atoms with E-state index in [1.54, 1.807) is 11.3 Å². The normalized spacial score (nSPS) is 16.3. The molecule has 0 spiro atoms. The molecule has 2 aromatic carbocycles. The van der Waals surface area contributed by atoms with E-state index in [1.807, 2.05) is 42.5 Å². The maximum absolute atomic E-state index is 9.26. The first-order chi connectivity index (χ1) is 12.9. The molecule has 0 saturated carbocycles. The van der Waals surface area contributed by atoms with E-state index in [2.05, 4.69) is 35.0 Å². The number of aliphatic imine (C=N–C) groups is 2. The quantitative estimate of drug-likeness (QED) is 0.739. The average Bonchev–Trinajstić information content (AvgIpc) is 3.16. The minimum atomic E-state index is -0.218. The van der Waals surface area contributed by atoms with Crippen LogP contribution in [0.4, 0.5) is 5.69 Å². The van der Waals surface area contributed by atoms with E-state index in [4.69, 9.17) is 9.98 Å². The molecule has 0 radical (unpaired) electrons. The fraction of sp³-hybridized carbons (Fsp3) is 0.143. The predicted molar refractivity (Wildman–Crippen MR) is 108 cm³/mol. The van der Waals surface area contributed by atoms with Crippen LogP contribution in [-0.4, -0.2) is 29.8 Å². The van der Waals surface area contributed by atoms with Crippen LogP contribution >= 0.6 is 11.3 Å². The van der Waals surface area contributed by atoms with Gasteiger partial charge in [0.2, 0.25) is 0 Å². The van der Waals surface area contributed by atoms with Crippen LogP contribution in [-0.2, 0) is 0 Å². The zero-order valence-electron chi connectivity index (χ0n) is 14.2. The van der Waals surface area contributed by atoms with Crippen molar-refractivity contribution < 1.29 is 5.11 Å². The van der Waals surface area contributed by atoms with E-state index in [1.165, 1.54) is 0 Å². The fourth-order valence-corrected chi connectivity index (χ4v) is 3.78. The van der Waals surface area contributed by atoms with Crippen LogP contribution in [0.25, 0.3) is 0 Å². The van der Waals surface area contributed by atoms with Crippen molar-refractivity contribution >= 4 is 28.6 Å². The molecule has 1 aliphatic heterocycles. The van der Waals surface area contributed by atoms with E-state index in [0.717, 1.165) is 33.2 Å². The molecular formula is C21H19N3OS. The molecule has 0 amide bonds. The molecule has 4 rings (SSSR count). The maximum atomic E-state index is 9.26. The average molecular weight is 361 g/mol. The second-order valence-corrected chi connectivity index (χ2v) is 6.91. The molecule has 0 saturated heterocycles. The van der Waals surface area contributed by atoms with Crippen LogP contribution in [0, 0.1) is 0 Å². The molecule has 1 atom stereocenters. The first-order valence-corrected chi connectivity index (χ1v) is 9.44. The molecule has 5 heteroatoms. The van der Waals surface area contributed by atoms with Gasteiger partial charge in [0.1, 0.15) is 11.9 Å². The van der Waals surface area contributed by atoms with Gasteiger partial charge < -0.3 is 10.4 Å². The zero-order chi connectivity index (χ0) is 17.8. The lowest BCUT2D eigenvalue weighted by molar-refractivity contribution is 0.300. The molecule has 26 heavy (non-hydrogen) atoms. The number of benzene rings is 2. The van der Waals surface area contributed by atoms with Crippen molar-refractivity contribution in [1.82, 2.24) is 5.32 Å². The lowest BCUT2D eigenvalue weighted by Crippen LogP contribution is -2.30. The number of nitrogens with one attached hydrogen (secondary N) is 1. The van der Waals surface area contributed by atoms with E-state index < -0.39 is 0 Å². The number of aliphatic hydroxyl groups is 1. The molecule has 1 unspecified atom stereocenters. The summed E-state index contributed by atoms with van der Waals surface area (Å²) in [6, 6.07) is 22.2. The number of aliphatic hydroxyl groups excluding tert-OH is 1. The molecule has 130 valence electrons. The highest BCUT2D eigenvalue weighted by Gasteiger charge is 2.25. The third-order valence-corrected chi connectivity index (χ3v) is 5.12. The van der Waals surface area contributed by atoms with E-state index >= 15 is 0 Å². The highest BCUT2D eigenvalue weighted by Crippen LogP contribution is 2.33. The molecule has 4 nitrogen and oxygen atoms in total. The Morgan fingerprint density at radius 2 is 1.77 bits per heavy atom. The largest absolute Gasteiger partial charge is 0.395 e. The SMILES string of the molecule is OCCNC1=Nc2ccccc2C(c2ccccc2)=NC1c1cccs1. The summed E-state index contributed by atoms with van der Waals surface area (Å²) in [4.78, 5) is 11.1. The summed E-state index contributed by atoms with van der Waals surface area (Å²) in [6.45, 7) is 0.492. The Labute approximate surface area is 156 Å². The number of hydrogen-bond donors (Lipinski definition) is 2. The number of para-hydroxylation sites is 1. The predicted octanol–water partition coefficient (Wildman–Crippen LogP) is 3.95. The van der Waals surface area contributed by atoms with E-state index in [9.17, 15) is 5.11 Å². The molecule has 0 fully saturated rings. The Morgan fingerprint density at radius 3 is 2.54 bits per heavy atom. The molecular weight excluding hydrogens is 342 g/mol. The van der Waals surface area contributed by atoms with Gasteiger partial charge in [-0.1, -0.05) is 54.6 Å². The van der Waals surface area contributed by atoms with Crippen LogP contribution in [0.5, 0.6) is 0 Å². The van der Waals surface area contributed by atoms with Crippen LogP contribution in [0.15, 0.2) is 82.1 Å². The first kappa shape index (κ1) is 16.7. The van der Waals surface area contributed by atoms with Crippen LogP contribution in [0.3, 0.4) is 0 Å². The summed E-state index contributed by atoms with van der Waals surface area (Å²) in [5.74, 6) is 0.764. The monoisotopic (exact) mass is 361 g/mol. The Hall–Kier alpha value is -2.76. The summed E-state index contributed by atoms with van der Waals surface area (Å²) < 4.78 is 0. The number of amidine groups is 1. The minimum Gasteiger partial charge on any atom is -0.395 e. The maximum Gasteiger partial charge on any atom is 0.142 e. The number of rotatable bonds is 4. The van der Waals surface area contributed by atoms with Gasteiger partial charge in [-0.05, 0) is 17.5 Å². The van der Waals surface area contributed by atoms with Crippen molar-refractivity contribution in [3.8, 4) is 0 Å². The molecule has 1 aliphatic rings. The summed E-state index contributed by atoms with van der Waals surface area (Å²) >= 11 is 1.66. The van der Waals surface area contributed by atoms with Crippen molar-refractivity contribution in [2.45, 2.75) is 6.04 Å². The van der Waals surface area contributed by atoms with Gasteiger partial charge >= 0.3 is 0 Å². The molecule has 0 aliphatic carbocycles. The van der Waals surface area contributed by atoms with Crippen molar-refractivity contribution in [2.75, 3.05) is 13.2 Å². The third kappa shape index (κ3) is 3.31. The molecule has 1 aromatic heterocycles. The summed E-state index contributed by atoms with van der Waals surface area (Å²) in [6.07, 6.45) is 0. The Bertz CT molecular complexity index is 933. The molecule has 0 bridgehead atoms. The summed E-state index contributed by atoms with van der Waals surface area (Å²) in [5.41, 5.74) is 3.90. The lowest BCUT2D eigenvalue weighted by atomic mass is 10.0. The topological polar surface area (TPSA) is 57.0 Å². The number of nitrogens with zero attached hydrogens (tertiary/aromatic N) is 2. The van der Waals surface area contributed by atoms with E-state index in [0.29, 0.717) is 6.54 Å². The number of hydrogen-bond acceptors (Lipinski definition) is 5. The highest BCUT2D eigenvalue weighted by atomic mass is 32.1. The van der Waals surface area contributed by atoms with Crippen molar-refractivity contribution in [3.05, 3.63) is 88.1 Å². The van der Waals surface area contributed by atoms with Gasteiger partial charge in [0.05, 0.1) is 18.0 Å². The fourth-order valence-electron chi connectivity index (χ4n) is 3.01. The van der Waals surface area contributed by atoms with Crippen LogP contribution in [0.2, 0.25) is 0 Å². The standard InChI is InChI=1S/C21H19N3OS/c25-13-12-22-21-20(18-11-6-14-26-18)24-19(15-7-2-1-3-8-15)16-9-4-5-10-17(16)23-21/h1-11,14,20,25H,12-13H2,(H,22,23). The summed E-state index contributed by atoms with van der Waals surface area (Å²) in [7, 11) is 0. The second-order valence-electron chi connectivity index (χ2n) is 5.93. The summed E-state index contributed by atoms with van der Waals surface area (Å²) in [5, 5.41) is 14.6. The minimum absolute atomic E-state index is 0.0487. The lowest BCUT2D eigenvalue weighted by Gasteiger charge is -2.15. The Kier molecular flexibility index (Phi) is 4.91. The van der Waals surface area contributed by atoms with Crippen molar-refractivity contribution in [2.24, 2.45) is 9.98 Å². The van der Waals surface area contributed by atoms with Gasteiger partial charge in [-0.25, -0.2) is 4.99 Å². The third-order valence-electron chi connectivity index (χ3n) is 4.20. The highest BCUT2D eigenvalue weighted by molar-refractivity contribution is 7.10. The molecule has 3 aromatic rings. The second kappa shape index (κ2) is 7.64. The van der Waals surface area contributed by atoms with Crippen molar-refractivity contribution in [3.63, 3.8) is 0 Å². The van der Waals surface area contributed by atoms with Crippen LogP contribution < -0.4 is 5.32 Å². The Morgan fingerprint density at radius 1 is 0.962 bits per heavy atom. The van der Waals surface area contributed by atoms with Gasteiger partial charge in [0.15, 0.2) is 0 Å². The van der Waals surface area contributed by atoms with E-state index in [-0.39, 0.29) is 12.6 Å². The number of fused-ring (bicyclic) bond motifs is 1. The van der Waals surface area contributed by atoms with Gasteiger partial charge in [-0.2, -0.15) is 0 Å². The van der Waals surface area contributed by atoms with Crippen LogP contribution in [0.1, 0.15) is 22.0 Å². The number of thiophene rings is 1.